The average molecular weight is 356 g/mol. The fourth-order valence-electron chi connectivity index (χ4n) is 2.79. The van der Waals surface area contributed by atoms with Crippen molar-refractivity contribution in [2.45, 2.75) is 32.7 Å². The molecule has 1 aliphatic rings. The topological polar surface area (TPSA) is 83.1 Å². The summed E-state index contributed by atoms with van der Waals surface area (Å²) in [6, 6.07) is 7.14. The van der Waals surface area contributed by atoms with E-state index in [0.717, 1.165) is 24.1 Å². The summed E-state index contributed by atoms with van der Waals surface area (Å²) in [5, 5.41) is 7.97. The van der Waals surface area contributed by atoms with Crippen LogP contribution in [-0.2, 0) is 4.79 Å². The lowest BCUT2D eigenvalue weighted by atomic mass is 10.1. The number of amides is 3. The van der Waals surface area contributed by atoms with Crippen LogP contribution >= 0.6 is 0 Å². The van der Waals surface area contributed by atoms with Crippen molar-refractivity contribution in [1.82, 2.24) is 10.3 Å². The molecule has 7 heteroatoms. The summed E-state index contributed by atoms with van der Waals surface area (Å²) in [5.41, 5.74) is 2.28. The molecule has 1 aromatic carbocycles. The van der Waals surface area contributed by atoms with Crippen LogP contribution in [0.2, 0.25) is 0 Å². The van der Waals surface area contributed by atoms with Crippen LogP contribution in [-0.4, -0.2) is 16.9 Å². The standard InChI is InChI=1S/C19H21FN4O2/c1-11-7-8-21-17(9-11)18(13-3-4-13)24-19(26)23-16-10-14(22-12(2)25)5-6-15(16)20/h5-10,13,18H,3-4H2,1-2H3,(H,22,25)(H2,23,24,26)/t18-/m0/s1. The maximum atomic E-state index is 14.0. The molecule has 1 atom stereocenters. The van der Waals surface area contributed by atoms with E-state index >= 15 is 0 Å². The number of nitrogens with one attached hydrogen (secondary N) is 3. The fourth-order valence-corrected chi connectivity index (χ4v) is 2.79. The molecule has 6 nitrogen and oxygen atoms in total. The monoisotopic (exact) mass is 356 g/mol. The zero-order chi connectivity index (χ0) is 18.7. The van der Waals surface area contributed by atoms with Gasteiger partial charge in [0.15, 0.2) is 0 Å². The number of aryl methyl sites for hydroxylation is 1. The van der Waals surface area contributed by atoms with Gasteiger partial charge >= 0.3 is 6.03 Å². The van der Waals surface area contributed by atoms with Gasteiger partial charge in [0.1, 0.15) is 5.82 Å². The van der Waals surface area contributed by atoms with Crippen molar-refractivity contribution < 1.29 is 14.0 Å². The fraction of sp³-hybridized carbons (Fsp3) is 0.316. The molecule has 3 amide bonds. The van der Waals surface area contributed by atoms with Gasteiger partial charge in [0, 0.05) is 18.8 Å². The van der Waals surface area contributed by atoms with Crippen molar-refractivity contribution >= 4 is 23.3 Å². The van der Waals surface area contributed by atoms with E-state index in [1.165, 1.54) is 25.1 Å². The normalized spacial score (nSPS) is 14.4. The van der Waals surface area contributed by atoms with Crippen molar-refractivity contribution in [3.05, 3.63) is 53.6 Å². The van der Waals surface area contributed by atoms with Crippen molar-refractivity contribution in [2.24, 2.45) is 5.92 Å². The van der Waals surface area contributed by atoms with Crippen LogP contribution in [0, 0.1) is 18.7 Å². The van der Waals surface area contributed by atoms with Gasteiger partial charge in [0.2, 0.25) is 5.91 Å². The number of pyridine rings is 1. The number of rotatable bonds is 5. The first-order valence-corrected chi connectivity index (χ1v) is 8.49. The summed E-state index contributed by atoms with van der Waals surface area (Å²) in [4.78, 5) is 27.9. The third-order valence-electron chi connectivity index (χ3n) is 4.17. The highest BCUT2D eigenvalue weighted by Crippen LogP contribution is 2.40. The molecule has 3 N–H and O–H groups in total. The summed E-state index contributed by atoms with van der Waals surface area (Å²) in [5.74, 6) is -0.511. The minimum atomic E-state index is -0.578. The predicted molar refractivity (Wildman–Crippen MR) is 97.3 cm³/mol. The summed E-state index contributed by atoms with van der Waals surface area (Å²) < 4.78 is 14.0. The summed E-state index contributed by atoms with van der Waals surface area (Å²) in [6.07, 6.45) is 3.76. The lowest BCUT2D eigenvalue weighted by Gasteiger charge is -2.19. The first-order valence-electron chi connectivity index (χ1n) is 8.49. The largest absolute Gasteiger partial charge is 0.329 e. The second kappa shape index (κ2) is 7.51. The van der Waals surface area contributed by atoms with Gasteiger partial charge in [-0.05, 0) is 61.6 Å². The molecular weight excluding hydrogens is 335 g/mol. The lowest BCUT2D eigenvalue weighted by Crippen LogP contribution is -2.34. The van der Waals surface area contributed by atoms with Gasteiger partial charge in [0.25, 0.3) is 0 Å². The van der Waals surface area contributed by atoms with E-state index in [0.29, 0.717) is 11.6 Å². The van der Waals surface area contributed by atoms with Crippen molar-refractivity contribution in [1.29, 1.82) is 0 Å². The Hall–Kier alpha value is -2.96. The first kappa shape index (κ1) is 17.8. The van der Waals surface area contributed by atoms with Crippen LogP contribution in [0.25, 0.3) is 0 Å². The Balaban J connectivity index is 1.72. The SMILES string of the molecule is CC(=O)Nc1ccc(F)c(NC(=O)N[C@H](c2cc(C)ccn2)C2CC2)c1. The number of carbonyl (C=O) groups is 2. The van der Waals surface area contributed by atoms with Crippen molar-refractivity contribution in [3.8, 4) is 0 Å². The number of nitrogens with zero attached hydrogens (tertiary/aromatic N) is 1. The van der Waals surface area contributed by atoms with Crippen LogP contribution in [0.1, 0.15) is 37.1 Å². The van der Waals surface area contributed by atoms with Gasteiger partial charge < -0.3 is 16.0 Å². The van der Waals surface area contributed by atoms with Crippen LogP contribution < -0.4 is 16.0 Å². The molecule has 1 saturated carbocycles. The number of hydrogen-bond donors (Lipinski definition) is 3. The molecule has 0 saturated heterocycles. The van der Waals surface area contributed by atoms with Crippen molar-refractivity contribution in [2.75, 3.05) is 10.6 Å². The molecule has 0 bridgehead atoms. The molecule has 3 rings (SSSR count). The molecular formula is C19H21FN4O2. The molecule has 1 fully saturated rings. The number of aromatic nitrogens is 1. The highest BCUT2D eigenvalue weighted by atomic mass is 19.1. The highest BCUT2D eigenvalue weighted by Gasteiger charge is 2.34. The van der Waals surface area contributed by atoms with Crippen LogP contribution in [0.15, 0.2) is 36.5 Å². The van der Waals surface area contributed by atoms with Crippen molar-refractivity contribution in [3.63, 3.8) is 0 Å². The smallest absolute Gasteiger partial charge is 0.319 e. The molecule has 0 aliphatic heterocycles. The van der Waals surface area contributed by atoms with Crippen LogP contribution in [0.3, 0.4) is 0 Å². The number of carbonyl (C=O) groups excluding carboxylic acids is 2. The van der Waals surface area contributed by atoms with E-state index in [1.807, 2.05) is 19.1 Å². The third kappa shape index (κ3) is 4.56. The number of anilines is 2. The molecule has 1 aromatic heterocycles. The Morgan fingerprint density at radius 3 is 2.62 bits per heavy atom. The molecule has 26 heavy (non-hydrogen) atoms. The van der Waals surface area contributed by atoms with Crippen LogP contribution in [0.5, 0.6) is 0 Å². The highest BCUT2D eigenvalue weighted by molar-refractivity contribution is 5.92. The zero-order valence-corrected chi connectivity index (χ0v) is 14.7. The summed E-state index contributed by atoms with van der Waals surface area (Å²) >= 11 is 0. The van der Waals surface area contributed by atoms with Gasteiger partial charge in [-0.3, -0.25) is 9.78 Å². The van der Waals surface area contributed by atoms with E-state index in [1.54, 1.807) is 6.20 Å². The second-order valence-electron chi connectivity index (χ2n) is 6.55. The molecule has 0 spiro atoms. The van der Waals surface area contributed by atoms with Gasteiger partial charge in [-0.15, -0.1) is 0 Å². The number of hydrogen-bond acceptors (Lipinski definition) is 3. The predicted octanol–water partition coefficient (Wildman–Crippen LogP) is 3.76. The van der Waals surface area contributed by atoms with E-state index < -0.39 is 11.8 Å². The number of halogens is 1. The van der Waals surface area contributed by atoms with Gasteiger partial charge in [-0.25, -0.2) is 9.18 Å². The molecule has 2 aromatic rings. The number of urea groups is 1. The second-order valence-corrected chi connectivity index (χ2v) is 6.55. The Labute approximate surface area is 151 Å². The van der Waals surface area contributed by atoms with E-state index in [4.69, 9.17) is 0 Å². The maximum absolute atomic E-state index is 14.0. The van der Waals surface area contributed by atoms with Gasteiger partial charge in [-0.1, -0.05) is 0 Å². The molecule has 1 heterocycles. The number of benzene rings is 1. The minimum Gasteiger partial charge on any atom is -0.329 e. The van der Waals surface area contributed by atoms with E-state index in [2.05, 4.69) is 20.9 Å². The molecule has 0 unspecified atom stereocenters. The molecule has 136 valence electrons. The Morgan fingerprint density at radius 1 is 1.19 bits per heavy atom. The first-order chi connectivity index (χ1) is 12.4. The third-order valence-corrected chi connectivity index (χ3v) is 4.17. The Kier molecular flexibility index (Phi) is 5.16. The summed E-state index contributed by atoms with van der Waals surface area (Å²) in [6.45, 7) is 3.33. The van der Waals surface area contributed by atoms with Gasteiger partial charge in [-0.2, -0.15) is 0 Å². The van der Waals surface area contributed by atoms with E-state index in [9.17, 15) is 14.0 Å². The van der Waals surface area contributed by atoms with Gasteiger partial charge in [0.05, 0.1) is 17.4 Å². The van der Waals surface area contributed by atoms with Crippen LogP contribution in [0.4, 0.5) is 20.6 Å². The molecule has 1 aliphatic carbocycles. The average Bonchev–Trinajstić information content (AvgIpc) is 3.40. The Bertz CT molecular complexity index is 836. The zero-order valence-electron chi connectivity index (χ0n) is 14.7. The maximum Gasteiger partial charge on any atom is 0.319 e. The summed E-state index contributed by atoms with van der Waals surface area (Å²) in [7, 11) is 0. The minimum absolute atomic E-state index is 0.000461. The quantitative estimate of drug-likeness (QED) is 0.763. The Morgan fingerprint density at radius 2 is 1.96 bits per heavy atom. The van der Waals surface area contributed by atoms with E-state index in [-0.39, 0.29) is 17.6 Å². The molecule has 0 radical (unpaired) electrons. The lowest BCUT2D eigenvalue weighted by molar-refractivity contribution is -0.114.